The van der Waals surface area contributed by atoms with E-state index in [1.54, 1.807) is 60.7 Å². The topological polar surface area (TPSA) is 63.6 Å². The van der Waals surface area contributed by atoms with Crippen LogP contribution in [0.3, 0.4) is 0 Å². The van der Waals surface area contributed by atoms with Gasteiger partial charge >= 0.3 is 0 Å². The van der Waals surface area contributed by atoms with E-state index in [0.29, 0.717) is 11.1 Å². The number of hydrogen-bond acceptors (Lipinski definition) is 4. The van der Waals surface area contributed by atoms with E-state index < -0.39 is 24.0 Å². The number of hydrogen-bond donors (Lipinski definition) is 1. The van der Waals surface area contributed by atoms with Gasteiger partial charge in [-0.3, -0.25) is 9.59 Å². The molecule has 0 aliphatic heterocycles. The molecule has 0 bridgehead atoms. The summed E-state index contributed by atoms with van der Waals surface area (Å²) in [5, 5.41) is 9.39. The number of benzene rings is 2. The van der Waals surface area contributed by atoms with Crippen molar-refractivity contribution in [2.45, 2.75) is 19.3 Å². The predicted molar refractivity (Wildman–Crippen MR) is 78.1 cm³/mol. The molecule has 1 N–H and O–H groups in total. The molecule has 0 aliphatic carbocycles. The van der Waals surface area contributed by atoms with E-state index in [-0.39, 0.29) is 0 Å². The Morgan fingerprint density at radius 3 is 1.57 bits per heavy atom. The second kappa shape index (κ2) is 6.92. The monoisotopic (exact) mass is 284 g/mol. The van der Waals surface area contributed by atoms with Gasteiger partial charge < -0.3 is 9.84 Å². The third-order valence-corrected chi connectivity index (χ3v) is 2.93. The molecule has 2 aromatic rings. The summed E-state index contributed by atoms with van der Waals surface area (Å²) in [7, 11) is 0. The van der Waals surface area contributed by atoms with Crippen molar-refractivity contribution >= 4 is 11.6 Å². The van der Waals surface area contributed by atoms with E-state index in [4.69, 9.17) is 4.74 Å². The van der Waals surface area contributed by atoms with Gasteiger partial charge in [-0.2, -0.15) is 0 Å². The average molecular weight is 284 g/mol. The van der Waals surface area contributed by atoms with Crippen LogP contribution in [-0.4, -0.2) is 29.1 Å². The van der Waals surface area contributed by atoms with Gasteiger partial charge in [0.15, 0.2) is 24.0 Å². The third-order valence-electron chi connectivity index (χ3n) is 2.93. The van der Waals surface area contributed by atoms with Crippen molar-refractivity contribution in [3.05, 3.63) is 71.8 Å². The quantitative estimate of drug-likeness (QED) is 0.503. The molecule has 2 aromatic carbocycles. The first-order valence-corrected chi connectivity index (χ1v) is 6.61. The Kier molecular flexibility index (Phi) is 4.98. The van der Waals surface area contributed by atoms with E-state index in [9.17, 15) is 14.7 Å². The molecule has 4 nitrogen and oxygen atoms in total. The number of carbonyl (C=O) groups is 2. The third kappa shape index (κ3) is 3.84. The Morgan fingerprint density at radius 1 is 0.857 bits per heavy atom. The molecule has 0 heterocycles. The summed E-state index contributed by atoms with van der Waals surface area (Å²) in [5.74, 6) is -0.935. The molecule has 1 unspecified atom stereocenters. The highest BCUT2D eigenvalue weighted by Gasteiger charge is 2.30. The van der Waals surface area contributed by atoms with Gasteiger partial charge in [0, 0.05) is 11.1 Å². The molecule has 0 aliphatic rings. The fourth-order valence-corrected chi connectivity index (χ4v) is 1.95. The van der Waals surface area contributed by atoms with Crippen LogP contribution in [0.15, 0.2) is 60.7 Å². The molecule has 0 fully saturated rings. The number of Topliss-reactive ketones (excluding diaryl/α,β-unsaturated/α-hetero) is 2. The highest BCUT2D eigenvalue weighted by atomic mass is 16.6. The van der Waals surface area contributed by atoms with Crippen LogP contribution in [-0.2, 0) is 4.74 Å². The summed E-state index contributed by atoms with van der Waals surface area (Å²) in [5.41, 5.74) is 0.736. The molecule has 0 radical (unpaired) electrons. The molecule has 0 amide bonds. The van der Waals surface area contributed by atoms with Crippen molar-refractivity contribution in [3.63, 3.8) is 0 Å². The Morgan fingerprint density at radius 2 is 1.24 bits per heavy atom. The zero-order chi connectivity index (χ0) is 15.2. The molecular weight excluding hydrogens is 268 g/mol. The minimum Gasteiger partial charge on any atom is -0.368 e. The second-order valence-electron chi connectivity index (χ2n) is 4.58. The smallest absolute Gasteiger partial charge is 0.199 e. The minimum atomic E-state index is -1.35. The van der Waals surface area contributed by atoms with E-state index in [1.165, 1.54) is 6.92 Å². The zero-order valence-corrected chi connectivity index (χ0v) is 11.6. The maximum Gasteiger partial charge on any atom is 0.199 e. The standard InChI is InChI=1S/C17H16O4/c1-12(18)21-17(15(19)13-8-4-2-5-9-13)16(20)14-10-6-3-7-11-14/h2-12,17-18H,1H3. The van der Waals surface area contributed by atoms with E-state index >= 15 is 0 Å². The first kappa shape index (κ1) is 15.1. The summed E-state index contributed by atoms with van der Waals surface area (Å²) >= 11 is 0. The van der Waals surface area contributed by atoms with Gasteiger partial charge in [-0.15, -0.1) is 0 Å². The highest BCUT2D eigenvalue weighted by molar-refractivity contribution is 6.18. The van der Waals surface area contributed by atoms with Gasteiger partial charge in [0.05, 0.1) is 0 Å². The van der Waals surface area contributed by atoms with Gasteiger partial charge in [0.1, 0.15) is 0 Å². The lowest BCUT2D eigenvalue weighted by Crippen LogP contribution is -2.36. The van der Waals surface area contributed by atoms with Crippen molar-refractivity contribution in [3.8, 4) is 0 Å². The Balaban J connectivity index is 2.31. The Bertz CT molecular complexity index is 554. The predicted octanol–water partition coefficient (Wildman–Crippen LogP) is 2.48. The van der Waals surface area contributed by atoms with Crippen molar-refractivity contribution in [1.29, 1.82) is 0 Å². The van der Waals surface area contributed by atoms with Gasteiger partial charge in [-0.25, -0.2) is 0 Å². The number of carbonyl (C=O) groups excluding carboxylic acids is 2. The van der Waals surface area contributed by atoms with Crippen LogP contribution in [0.4, 0.5) is 0 Å². The van der Waals surface area contributed by atoms with Crippen LogP contribution in [0.1, 0.15) is 27.6 Å². The number of aliphatic hydroxyl groups is 1. The first-order valence-electron chi connectivity index (χ1n) is 6.61. The van der Waals surface area contributed by atoms with Crippen molar-refractivity contribution in [2.24, 2.45) is 0 Å². The highest BCUT2D eigenvalue weighted by Crippen LogP contribution is 2.14. The fraction of sp³-hybridized carbons (Fsp3) is 0.176. The molecule has 2 rings (SSSR count). The van der Waals surface area contributed by atoms with E-state index in [1.807, 2.05) is 0 Å². The second-order valence-corrected chi connectivity index (χ2v) is 4.58. The molecule has 21 heavy (non-hydrogen) atoms. The molecular formula is C17H16O4. The molecule has 0 aromatic heterocycles. The summed E-state index contributed by atoms with van der Waals surface area (Å²) in [6.45, 7) is 1.36. The van der Waals surface area contributed by atoms with Crippen LogP contribution in [0.5, 0.6) is 0 Å². The van der Waals surface area contributed by atoms with Gasteiger partial charge in [-0.05, 0) is 6.92 Å². The number of ether oxygens (including phenoxy) is 1. The number of ketones is 2. The van der Waals surface area contributed by atoms with Crippen LogP contribution < -0.4 is 0 Å². The van der Waals surface area contributed by atoms with E-state index in [2.05, 4.69) is 0 Å². The summed E-state index contributed by atoms with van der Waals surface area (Å²) in [6.07, 6.45) is -2.56. The minimum absolute atomic E-state index is 0.368. The molecule has 0 saturated heterocycles. The van der Waals surface area contributed by atoms with Gasteiger partial charge in [0.2, 0.25) is 0 Å². The maximum absolute atomic E-state index is 12.4. The van der Waals surface area contributed by atoms with E-state index in [0.717, 1.165) is 0 Å². The lowest BCUT2D eigenvalue weighted by atomic mass is 9.98. The number of rotatable bonds is 6. The van der Waals surface area contributed by atoms with Crippen molar-refractivity contribution in [1.82, 2.24) is 0 Å². The number of aliphatic hydroxyl groups excluding tert-OH is 1. The molecule has 0 spiro atoms. The molecule has 108 valence electrons. The first-order chi connectivity index (χ1) is 10.1. The SMILES string of the molecule is CC(O)OC(C(=O)c1ccccc1)C(=O)c1ccccc1. The zero-order valence-electron chi connectivity index (χ0n) is 11.6. The fourth-order valence-electron chi connectivity index (χ4n) is 1.95. The van der Waals surface area contributed by atoms with Crippen LogP contribution in [0.2, 0.25) is 0 Å². The lowest BCUT2D eigenvalue weighted by Gasteiger charge is -2.17. The lowest BCUT2D eigenvalue weighted by molar-refractivity contribution is -0.0992. The van der Waals surface area contributed by atoms with Crippen LogP contribution in [0.25, 0.3) is 0 Å². The Hall–Kier alpha value is -2.30. The Labute approximate surface area is 123 Å². The van der Waals surface area contributed by atoms with Crippen molar-refractivity contribution < 1.29 is 19.4 Å². The largest absolute Gasteiger partial charge is 0.368 e. The van der Waals surface area contributed by atoms with Crippen LogP contribution in [0, 0.1) is 0 Å². The normalized spacial score (nSPS) is 12.1. The average Bonchev–Trinajstić information content (AvgIpc) is 2.53. The van der Waals surface area contributed by atoms with Gasteiger partial charge in [-0.1, -0.05) is 60.7 Å². The van der Waals surface area contributed by atoms with Crippen molar-refractivity contribution in [2.75, 3.05) is 0 Å². The van der Waals surface area contributed by atoms with Crippen LogP contribution >= 0.6 is 0 Å². The maximum atomic E-state index is 12.4. The molecule has 1 atom stereocenters. The summed E-state index contributed by atoms with van der Waals surface area (Å²) < 4.78 is 5.14. The molecule has 4 heteroatoms. The summed E-state index contributed by atoms with van der Waals surface area (Å²) in [6, 6.07) is 16.8. The molecule has 0 saturated carbocycles. The summed E-state index contributed by atoms with van der Waals surface area (Å²) in [4.78, 5) is 24.9. The van der Waals surface area contributed by atoms with Gasteiger partial charge in [0.25, 0.3) is 0 Å².